The van der Waals surface area contributed by atoms with Crippen LogP contribution in [-0.2, 0) is 0 Å². The van der Waals surface area contributed by atoms with Crippen molar-refractivity contribution in [2.75, 3.05) is 6.54 Å². The van der Waals surface area contributed by atoms with Crippen LogP contribution < -0.4 is 0 Å². The third kappa shape index (κ3) is 2.65. The zero-order chi connectivity index (χ0) is 16.7. The van der Waals surface area contributed by atoms with Crippen LogP contribution in [0.15, 0.2) is 22.1 Å². The van der Waals surface area contributed by atoms with E-state index in [1.54, 1.807) is 16.8 Å². The number of likely N-dealkylation sites (tertiary alicyclic amines) is 1. The van der Waals surface area contributed by atoms with Gasteiger partial charge in [0.25, 0.3) is 11.8 Å². The van der Waals surface area contributed by atoms with E-state index < -0.39 is 0 Å². The Bertz CT molecular complexity index is 882. The monoisotopic (exact) mass is 360 g/mol. The van der Waals surface area contributed by atoms with Gasteiger partial charge >= 0.3 is 0 Å². The largest absolute Gasteiger partial charge is 0.418 e. The highest BCUT2D eigenvalue weighted by Crippen LogP contribution is 2.35. The van der Waals surface area contributed by atoms with E-state index in [1.165, 1.54) is 16.2 Å². The van der Waals surface area contributed by atoms with Gasteiger partial charge in [-0.15, -0.1) is 32.9 Å². The summed E-state index contributed by atoms with van der Waals surface area (Å²) in [6.07, 6.45) is 1.78. The van der Waals surface area contributed by atoms with Gasteiger partial charge in [-0.05, 0) is 38.8 Å². The lowest BCUT2D eigenvalue weighted by Gasteiger charge is -2.21. The van der Waals surface area contributed by atoms with Crippen molar-refractivity contribution < 1.29 is 9.21 Å². The van der Waals surface area contributed by atoms with Crippen molar-refractivity contribution in [1.29, 1.82) is 0 Å². The number of thiophene rings is 1. The first-order chi connectivity index (χ1) is 11.6. The summed E-state index contributed by atoms with van der Waals surface area (Å²) in [5.74, 6) is 1.05. The number of thiazole rings is 1. The van der Waals surface area contributed by atoms with Crippen LogP contribution in [0.3, 0.4) is 0 Å². The van der Waals surface area contributed by atoms with Crippen LogP contribution in [0, 0.1) is 13.8 Å². The van der Waals surface area contributed by atoms with E-state index >= 15 is 0 Å². The molecule has 8 heteroatoms. The molecule has 1 aliphatic heterocycles. The lowest BCUT2D eigenvalue weighted by atomic mass is 10.2. The average Bonchev–Trinajstić information content (AvgIpc) is 3.33. The van der Waals surface area contributed by atoms with Crippen LogP contribution >= 0.6 is 22.7 Å². The van der Waals surface area contributed by atoms with E-state index in [0.29, 0.717) is 23.2 Å². The Balaban J connectivity index is 1.60. The summed E-state index contributed by atoms with van der Waals surface area (Å²) >= 11 is 3.00. The normalized spacial score (nSPS) is 17.6. The standard InChI is InChI=1S/C16H16N4O2S2/c1-9-5-6-12(24-9)15-19-18-14(22-15)11-4-3-7-20(11)16(21)13-10(2)17-8-23-13/h5-6,8,11H,3-4,7H2,1-2H3/t11-/m0/s1. The Hall–Kier alpha value is -2.06. The number of hydrogen-bond acceptors (Lipinski definition) is 7. The van der Waals surface area contributed by atoms with Crippen LogP contribution in [0.4, 0.5) is 0 Å². The zero-order valence-corrected chi connectivity index (χ0v) is 15.0. The molecule has 3 aromatic rings. The predicted octanol–water partition coefficient (Wildman–Crippen LogP) is 3.85. The zero-order valence-electron chi connectivity index (χ0n) is 13.4. The van der Waals surface area contributed by atoms with Gasteiger partial charge in [0.2, 0.25) is 5.89 Å². The lowest BCUT2D eigenvalue weighted by molar-refractivity contribution is 0.0720. The third-order valence-electron chi connectivity index (χ3n) is 4.13. The van der Waals surface area contributed by atoms with Crippen LogP contribution in [0.2, 0.25) is 0 Å². The summed E-state index contributed by atoms with van der Waals surface area (Å²) in [4.78, 5) is 21.7. The minimum Gasteiger partial charge on any atom is -0.418 e. The van der Waals surface area contributed by atoms with Crippen molar-refractivity contribution in [1.82, 2.24) is 20.1 Å². The maximum atomic E-state index is 12.8. The Morgan fingerprint density at radius 1 is 1.33 bits per heavy atom. The molecule has 0 bridgehead atoms. The molecule has 0 saturated carbocycles. The third-order valence-corrected chi connectivity index (χ3v) is 6.04. The highest BCUT2D eigenvalue weighted by atomic mass is 32.1. The van der Waals surface area contributed by atoms with Crippen molar-refractivity contribution in [3.8, 4) is 10.8 Å². The van der Waals surface area contributed by atoms with Gasteiger partial charge in [0.05, 0.1) is 16.1 Å². The molecule has 0 N–H and O–H groups in total. The van der Waals surface area contributed by atoms with Crippen molar-refractivity contribution in [3.63, 3.8) is 0 Å². The number of aromatic nitrogens is 3. The summed E-state index contributed by atoms with van der Waals surface area (Å²) in [5.41, 5.74) is 2.48. The molecule has 1 atom stereocenters. The van der Waals surface area contributed by atoms with Crippen LogP contribution in [0.1, 0.15) is 45.0 Å². The minimum atomic E-state index is -0.152. The second-order valence-corrected chi connectivity index (χ2v) is 7.92. The fourth-order valence-corrected chi connectivity index (χ4v) is 4.47. The first-order valence-corrected chi connectivity index (χ1v) is 9.44. The number of hydrogen-bond donors (Lipinski definition) is 0. The number of nitrogens with zero attached hydrogens (tertiary/aromatic N) is 4. The molecule has 0 radical (unpaired) electrons. The van der Waals surface area contributed by atoms with E-state index in [4.69, 9.17) is 4.42 Å². The topological polar surface area (TPSA) is 72.1 Å². The summed E-state index contributed by atoms with van der Waals surface area (Å²) in [6.45, 7) is 4.61. The van der Waals surface area contributed by atoms with E-state index in [0.717, 1.165) is 23.4 Å². The quantitative estimate of drug-likeness (QED) is 0.709. The Morgan fingerprint density at radius 3 is 2.92 bits per heavy atom. The van der Waals surface area contributed by atoms with Crippen molar-refractivity contribution >= 4 is 28.6 Å². The molecule has 1 amide bonds. The number of amides is 1. The van der Waals surface area contributed by atoms with E-state index in [9.17, 15) is 4.79 Å². The van der Waals surface area contributed by atoms with Crippen molar-refractivity contribution in [2.45, 2.75) is 32.7 Å². The predicted molar refractivity (Wildman–Crippen MR) is 92.2 cm³/mol. The molecule has 1 aliphatic rings. The maximum Gasteiger partial charge on any atom is 0.266 e. The smallest absolute Gasteiger partial charge is 0.266 e. The van der Waals surface area contributed by atoms with Gasteiger partial charge in [0, 0.05) is 11.4 Å². The minimum absolute atomic E-state index is 0.00391. The maximum absolute atomic E-state index is 12.8. The molecule has 1 fully saturated rings. The van der Waals surface area contributed by atoms with Gasteiger partial charge in [-0.2, -0.15) is 0 Å². The van der Waals surface area contributed by atoms with E-state index in [2.05, 4.69) is 15.2 Å². The van der Waals surface area contributed by atoms with Gasteiger partial charge in [0.1, 0.15) is 10.9 Å². The molecule has 6 nitrogen and oxygen atoms in total. The number of carbonyl (C=O) groups is 1. The average molecular weight is 360 g/mol. The second-order valence-electron chi connectivity index (χ2n) is 5.78. The van der Waals surface area contributed by atoms with Gasteiger partial charge in [-0.1, -0.05) is 0 Å². The fraction of sp³-hybridized carbons (Fsp3) is 0.375. The highest BCUT2D eigenvalue weighted by Gasteiger charge is 2.35. The van der Waals surface area contributed by atoms with Gasteiger partial charge in [0.15, 0.2) is 0 Å². The lowest BCUT2D eigenvalue weighted by Crippen LogP contribution is -2.30. The Labute approximate surface area is 147 Å². The van der Waals surface area contributed by atoms with Crippen molar-refractivity contribution in [2.24, 2.45) is 0 Å². The summed E-state index contributed by atoms with van der Waals surface area (Å²) < 4.78 is 5.88. The first kappa shape index (κ1) is 15.5. The first-order valence-electron chi connectivity index (χ1n) is 7.75. The number of rotatable bonds is 3. The highest BCUT2D eigenvalue weighted by molar-refractivity contribution is 7.15. The van der Waals surface area contributed by atoms with Crippen LogP contribution in [0.5, 0.6) is 0 Å². The molecular weight excluding hydrogens is 344 g/mol. The van der Waals surface area contributed by atoms with E-state index in [1.807, 2.05) is 30.9 Å². The SMILES string of the molecule is Cc1ccc(-c2nnc([C@@H]3CCCN3C(=O)c3scnc3C)o2)s1. The molecular formula is C16H16N4O2S2. The fourth-order valence-electron chi connectivity index (χ4n) is 2.92. The molecule has 3 aromatic heterocycles. The van der Waals surface area contributed by atoms with Gasteiger partial charge in [-0.25, -0.2) is 4.98 Å². The van der Waals surface area contributed by atoms with Crippen LogP contribution in [-0.4, -0.2) is 32.5 Å². The van der Waals surface area contributed by atoms with Crippen molar-refractivity contribution in [3.05, 3.63) is 39.0 Å². The Kier molecular flexibility index (Phi) is 3.93. The molecule has 4 heterocycles. The molecule has 0 aromatic carbocycles. The molecule has 0 unspecified atom stereocenters. The molecule has 24 heavy (non-hydrogen) atoms. The summed E-state index contributed by atoms with van der Waals surface area (Å²) in [6, 6.07) is 3.86. The summed E-state index contributed by atoms with van der Waals surface area (Å²) in [5, 5.41) is 8.37. The molecule has 124 valence electrons. The molecule has 0 aliphatic carbocycles. The summed E-state index contributed by atoms with van der Waals surface area (Å²) in [7, 11) is 0. The molecule has 0 spiro atoms. The van der Waals surface area contributed by atoms with E-state index in [-0.39, 0.29) is 11.9 Å². The number of aryl methyl sites for hydroxylation is 2. The number of carbonyl (C=O) groups excluding carboxylic acids is 1. The van der Waals surface area contributed by atoms with Gasteiger partial charge < -0.3 is 9.32 Å². The van der Waals surface area contributed by atoms with Crippen LogP contribution in [0.25, 0.3) is 10.8 Å². The molecule has 4 rings (SSSR count). The van der Waals surface area contributed by atoms with Gasteiger partial charge in [-0.3, -0.25) is 4.79 Å². The second kappa shape index (κ2) is 6.10. The Morgan fingerprint density at radius 2 is 2.21 bits per heavy atom. The molecule has 1 saturated heterocycles.